The van der Waals surface area contributed by atoms with Gasteiger partial charge in [-0.3, -0.25) is 0 Å². The van der Waals surface area contributed by atoms with E-state index in [-0.39, 0.29) is 12.2 Å². The Morgan fingerprint density at radius 1 is 0.738 bits per heavy atom. The minimum Gasteiger partial charge on any atom is -0.493 e. The molecule has 0 radical (unpaired) electrons. The molecule has 1 aliphatic heterocycles. The maximum absolute atomic E-state index is 6.63. The molecule has 8 nitrogen and oxygen atoms in total. The van der Waals surface area contributed by atoms with Crippen molar-refractivity contribution >= 4 is 11.3 Å². The number of thiazole rings is 1. The van der Waals surface area contributed by atoms with Gasteiger partial charge in [-0.25, -0.2) is 4.98 Å². The number of benzene rings is 2. The summed E-state index contributed by atoms with van der Waals surface area (Å²) in [6.07, 6.45) is 7.81. The van der Waals surface area contributed by atoms with Crippen LogP contribution in [-0.2, 0) is 11.2 Å². The first-order valence-electron chi connectivity index (χ1n) is 14.8. The van der Waals surface area contributed by atoms with E-state index in [9.17, 15) is 0 Å². The number of nitrogens with zero attached hydrogens (tertiary/aromatic N) is 1. The summed E-state index contributed by atoms with van der Waals surface area (Å²) in [5, 5.41) is 0. The van der Waals surface area contributed by atoms with Crippen LogP contribution in [0.2, 0.25) is 0 Å². The summed E-state index contributed by atoms with van der Waals surface area (Å²) in [5.74, 6) is 3.81. The summed E-state index contributed by atoms with van der Waals surface area (Å²) in [6.45, 7) is 5.45. The fourth-order valence-electron chi connectivity index (χ4n) is 5.31. The molecular weight excluding hydrogens is 554 g/mol. The zero-order valence-electron chi connectivity index (χ0n) is 25.8. The van der Waals surface area contributed by atoms with Crippen molar-refractivity contribution in [2.24, 2.45) is 0 Å². The van der Waals surface area contributed by atoms with E-state index in [1.807, 2.05) is 23.7 Å². The van der Waals surface area contributed by atoms with Gasteiger partial charge in [0.1, 0.15) is 0 Å². The predicted molar refractivity (Wildman–Crippen MR) is 165 cm³/mol. The molecule has 0 amide bonds. The fourth-order valence-corrected chi connectivity index (χ4v) is 6.13. The van der Waals surface area contributed by atoms with Gasteiger partial charge in [-0.05, 0) is 74.4 Å². The van der Waals surface area contributed by atoms with Crippen LogP contribution in [-0.4, -0.2) is 46.6 Å². The second kappa shape index (κ2) is 15.9. The Labute approximate surface area is 254 Å². The summed E-state index contributed by atoms with van der Waals surface area (Å²) < 4.78 is 41.7. The predicted octanol–water partition coefficient (Wildman–Crippen LogP) is 8.05. The number of aromatic nitrogens is 1. The third-order valence-electron chi connectivity index (χ3n) is 7.60. The monoisotopic (exact) mass is 599 g/mol. The van der Waals surface area contributed by atoms with Gasteiger partial charge in [0, 0.05) is 4.88 Å². The van der Waals surface area contributed by atoms with E-state index in [1.54, 1.807) is 39.8 Å². The minimum atomic E-state index is -0.121. The largest absolute Gasteiger partial charge is 0.493 e. The van der Waals surface area contributed by atoms with E-state index in [2.05, 4.69) is 24.9 Å². The molecule has 0 N–H and O–H groups in total. The van der Waals surface area contributed by atoms with Crippen molar-refractivity contribution in [2.75, 3.05) is 41.7 Å². The molecule has 42 heavy (non-hydrogen) atoms. The Bertz CT molecular complexity index is 1250. The number of hydrogen-bond acceptors (Lipinski definition) is 9. The van der Waals surface area contributed by atoms with Crippen LogP contribution in [0.4, 0.5) is 0 Å². The van der Waals surface area contributed by atoms with Crippen molar-refractivity contribution in [3.63, 3.8) is 0 Å². The lowest BCUT2D eigenvalue weighted by molar-refractivity contribution is 0.0434. The second-order valence-corrected chi connectivity index (χ2v) is 11.4. The third kappa shape index (κ3) is 7.81. The molecule has 3 aromatic rings. The minimum absolute atomic E-state index is 0.115. The SMILES string of the molecule is CCCCCCOc1cc([C@@H]2CC[C@@H](c3cc(OC)c(OC)c(OC)c3)O2)cc(OCCCc2scnc2C)c1OC. The molecular formula is C33H45NO7S. The molecule has 0 aliphatic carbocycles. The van der Waals surface area contributed by atoms with Crippen molar-refractivity contribution in [1.82, 2.24) is 4.98 Å². The summed E-state index contributed by atoms with van der Waals surface area (Å²) in [7, 11) is 6.52. The Kier molecular flexibility index (Phi) is 12.0. The van der Waals surface area contributed by atoms with Gasteiger partial charge in [-0.1, -0.05) is 26.2 Å². The number of aryl methyl sites for hydroxylation is 2. The average Bonchev–Trinajstić information content (AvgIpc) is 3.67. The van der Waals surface area contributed by atoms with E-state index >= 15 is 0 Å². The first-order valence-corrected chi connectivity index (χ1v) is 15.7. The lowest BCUT2D eigenvalue weighted by Gasteiger charge is -2.21. The zero-order valence-corrected chi connectivity index (χ0v) is 26.6. The van der Waals surface area contributed by atoms with Crippen molar-refractivity contribution in [2.45, 2.75) is 77.4 Å². The molecule has 1 aromatic heterocycles. The van der Waals surface area contributed by atoms with E-state index in [0.29, 0.717) is 47.7 Å². The Morgan fingerprint density at radius 3 is 1.79 bits per heavy atom. The molecule has 1 fully saturated rings. The van der Waals surface area contributed by atoms with Crippen LogP contribution >= 0.6 is 11.3 Å². The van der Waals surface area contributed by atoms with Crippen molar-refractivity contribution in [3.05, 3.63) is 51.5 Å². The number of hydrogen-bond donors (Lipinski definition) is 0. The van der Waals surface area contributed by atoms with Crippen LogP contribution in [0.1, 0.15) is 85.8 Å². The fraction of sp³-hybridized carbons (Fsp3) is 0.545. The molecule has 0 unspecified atom stereocenters. The van der Waals surface area contributed by atoms with Crippen LogP contribution in [0.15, 0.2) is 29.8 Å². The maximum atomic E-state index is 6.63. The van der Waals surface area contributed by atoms with Crippen molar-refractivity contribution in [3.8, 4) is 34.5 Å². The molecule has 0 saturated carbocycles. The van der Waals surface area contributed by atoms with Gasteiger partial charge >= 0.3 is 0 Å². The van der Waals surface area contributed by atoms with E-state index in [1.165, 1.54) is 17.7 Å². The van der Waals surface area contributed by atoms with E-state index in [4.69, 9.17) is 33.2 Å². The van der Waals surface area contributed by atoms with Gasteiger partial charge in [0.15, 0.2) is 23.0 Å². The van der Waals surface area contributed by atoms with E-state index < -0.39 is 0 Å². The normalized spacial score (nSPS) is 16.3. The zero-order chi connectivity index (χ0) is 29.9. The summed E-state index contributed by atoms with van der Waals surface area (Å²) in [4.78, 5) is 5.66. The van der Waals surface area contributed by atoms with Crippen LogP contribution < -0.4 is 28.4 Å². The average molecular weight is 600 g/mol. The molecule has 1 saturated heterocycles. The highest BCUT2D eigenvalue weighted by molar-refractivity contribution is 7.09. The molecule has 230 valence electrons. The molecule has 2 atom stereocenters. The summed E-state index contributed by atoms with van der Waals surface area (Å²) in [6, 6.07) is 8.02. The standard InChI is InChI=1S/C33H45NO7S/c1-7-8-9-10-15-39-29-19-24(20-30(33(29)38-6)40-16-11-12-31-22(2)34-21-42-31)26-14-13-25(41-26)23-17-27(35-3)32(37-5)28(18-23)36-4/h17-21,25-26H,7-16H2,1-6H3/t25-,26-/m0/s1. The molecule has 1 aliphatic rings. The maximum Gasteiger partial charge on any atom is 0.203 e. The van der Waals surface area contributed by atoms with Gasteiger partial charge in [0.05, 0.1) is 65.1 Å². The van der Waals surface area contributed by atoms with Crippen molar-refractivity contribution < 1.29 is 33.2 Å². The van der Waals surface area contributed by atoms with E-state index in [0.717, 1.165) is 55.3 Å². The molecule has 0 spiro atoms. The highest BCUT2D eigenvalue weighted by Gasteiger charge is 2.31. The number of unbranched alkanes of at least 4 members (excludes halogenated alkanes) is 3. The second-order valence-electron chi connectivity index (χ2n) is 10.4. The van der Waals surface area contributed by atoms with Gasteiger partial charge in [-0.15, -0.1) is 11.3 Å². The molecule has 9 heteroatoms. The van der Waals surface area contributed by atoms with Gasteiger partial charge in [-0.2, -0.15) is 0 Å². The van der Waals surface area contributed by atoms with Crippen LogP contribution in [0.25, 0.3) is 0 Å². The lowest BCUT2D eigenvalue weighted by atomic mass is 10.0. The van der Waals surface area contributed by atoms with Crippen LogP contribution in [0, 0.1) is 6.92 Å². The highest BCUT2D eigenvalue weighted by Crippen LogP contribution is 2.48. The third-order valence-corrected chi connectivity index (χ3v) is 8.60. The first-order chi connectivity index (χ1) is 20.5. The Balaban J connectivity index is 1.53. The molecule has 2 heterocycles. The van der Waals surface area contributed by atoms with Crippen molar-refractivity contribution in [1.29, 1.82) is 0 Å². The molecule has 0 bridgehead atoms. The molecule has 2 aromatic carbocycles. The Morgan fingerprint density at radius 2 is 1.29 bits per heavy atom. The number of methoxy groups -OCH3 is 4. The molecule has 4 rings (SSSR count). The quantitative estimate of drug-likeness (QED) is 0.144. The van der Waals surface area contributed by atoms with Gasteiger partial charge < -0.3 is 33.2 Å². The summed E-state index contributed by atoms with van der Waals surface area (Å²) in [5.41, 5.74) is 5.00. The van der Waals surface area contributed by atoms with Crippen LogP contribution in [0.5, 0.6) is 34.5 Å². The Hall–Kier alpha value is -3.17. The first kappa shape index (κ1) is 31.8. The van der Waals surface area contributed by atoms with Gasteiger partial charge in [0.25, 0.3) is 0 Å². The summed E-state index contributed by atoms with van der Waals surface area (Å²) >= 11 is 1.69. The number of rotatable bonds is 17. The topological polar surface area (TPSA) is 77.5 Å². The number of ether oxygens (including phenoxy) is 7. The lowest BCUT2D eigenvalue weighted by Crippen LogP contribution is -2.07. The smallest absolute Gasteiger partial charge is 0.203 e. The van der Waals surface area contributed by atoms with Gasteiger partial charge in [0.2, 0.25) is 11.5 Å². The highest BCUT2D eigenvalue weighted by atomic mass is 32.1. The van der Waals surface area contributed by atoms with Crippen LogP contribution in [0.3, 0.4) is 0 Å².